The molecule has 0 saturated carbocycles. The van der Waals surface area contributed by atoms with Crippen LogP contribution in [0.4, 0.5) is 0 Å². The van der Waals surface area contributed by atoms with Crippen LogP contribution in [0.15, 0.2) is 242 Å². The highest BCUT2D eigenvalue weighted by Gasteiger charge is 2.38. The van der Waals surface area contributed by atoms with Gasteiger partial charge in [-0.3, -0.25) is 5.32 Å². The maximum Gasteiger partial charge on any atom is 0.134 e. The minimum atomic E-state index is -0.730. The summed E-state index contributed by atoms with van der Waals surface area (Å²) in [4.78, 5) is 5.68. The van der Waals surface area contributed by atoms with Crippen molar-refractivity contribution in [1.82, 2.24) is 19.8 Å². The normalized spacial score (nSPS) is 16.3. The standard InChI is InChI=1S/C66H45N5/c1-66(57-27-15-26-51-49-22-9-7-16-41(49)31-34-52(51)57)68-64(43-18-3-2-4-19-43)67-65(69-66)63-50-23-10-8-17-42(50)32-35-60(63)71-59-29-14-12-25-54(59)56-38-47-36-48(33-30-46(47)40-62(56)71)70-58-28-13-11-24-53(58)55-37-44-20-5-6-21-45(44)39-61(55)70/h2-40,64,68H,1H3,(H,67,69). The Morgan fingerprint density at radius 1 is 0.380 bits per heavy atom. The van der Waals surface area contributed by atoms with E-state index in [2.05, 4.69) is 263 Å². The van der Waals surface area contributed by atoms with Gasteiger partial charge in [0.15, 0.2) is 0 Å². The molecular formula is C66H45N5. The average molecular weight is 908 g/mol. The van der Waals surface area contributed by atoms with Gasteiger partial charge in [-0.05, 0) is 127 Å². The van der Waals surface area contributed by atoms with Crippen LogP contribution >= 0.6 is 0 Å². The quantitative estimate of drug-likeness (QED) is 0.169. The number of aliphatic imine (C=N–C) groups is 1. The number of nitrogens with zero attached hydrogens (tertiary/aromatic N) is 3. The zero-order valence-corrected chi connectivity index (χ0v) is 38.9. The number of aromatic nitrogens is 2. The van der Waals surface area contributed by atoms with E-state index in [0.717, 1.165) is 55.7 Å². The van der Waals surface area contributed by atoms with E-state index in [4.69, 9.17) is 4.99 Å². The number of rotatable bonds is 5. The molecule has 334 valence electrons. The second kappa shape index (κ2) is 15.2. The van der Waals surface area contributed by atoms with Crippen LogP contribution in [0.25, 0.3) is 109 Å². The van der Waals surface area contributed by atoms with Gasteiger partial charge in [-0.25, -0.2) is 4.99 Å². The summed E-state index contributed by atoms with van der Waals surface area (Å²) in [6.45, 7) is 2.27. The van der Waals surface area contributed by atoms with Crippen molar-refractivity contribution in [3.05, 3.63) is 253 Å². The van der Waals surface area contributed by atoms with Crippen molar-refractivity contribution in [3.8, 4) is 11.4 Å². The van der Waals surface area contributed by atoms with Crippen LogP contribution in [-0.4, -0.2) is 15.0 Å². The topological polar surface area (TPSA) is 46.3 Å². The summed E-state index contributed by atoms with van der Waals surface area (Å²) in [6.07, 6.45) is -0.343. The van der Waals surface area contributed by atoms with Crippen molar-refractivity contribution in [2.45, 2.75) is 18.8 Å². The summed E-state index contributed by atoms with van der Waals surface area (Å²) >= 11 is 0. The molecule has 15 rings (SSSR count). The van der Waals surface area contributed by atoms with Crippen LogP contribution in [0.3, 0.4) is 0 Å². The Kier molecular flexibility index (Phi) is 8.56. The molecule has 0 fully saturated rings. The van der Waals surface area contributed by atoms with E-state index < -0.39 is 5.66 Å². The first-order chi connectivity index (χ1) is 35.0. The van der Waals surface area contributed by atoms with E-state index in [-0.39, 0.29) is 6.17 Å². The molecule has 14 aromatic rings. The first-order valence-electron chi connectivity index (χ1n) is 24.6. The van der Waals surface area contributed by atoms with E-state index in [0.29, 0.717) is 0 Å². The summed E-state index contributed by atoms with van der Waals surface area (Å²) in [5, 5.41) is 25.1. The predicted octanol–water partition coefficient (Wildman–Crippen LogP) is 16.2. The van der Waals surface area contributed by atoms with Gasteiger partial charge in [0, 0.05) is 32.8 Å². The fourth-order valence-electron chi connectivity index (χ4n) is 12.0. The van der Waals surface area contributed by atoms with Gasteiger partial charge in [-0.15, -0.1) is 0 Å². The average Bonchev–Trinajstić information content (AvgIpc) is 3.92. The fourth-order valence-corrected chi connectivity index (χ4v) is 12.0. The van der Waals surface area contributed by atoms with Crippen molar-refractivity contribution >= 4 is 103 Å². The Balaban J connectivity index is 0.950. The number of amidine groups is 1. The van der Waals surface area contributed by atoms with Gasteiger partial charge in [-0.1, -0.05) is 182 Å². The molecule has 0 aliphatic carbocycles. The van der Waals surface area contributed by atoms with Crippen LogP contribution in [0.5, 0.6) is 0 Å². The molecular weight excluding hydrogens is 863 g/mol. The number of nitrogens with one attached hydrogen (secondary N) is 2. The number of para-hydroxylation sites is 2. The molecule has 5 heteroatoms. The monoisotopic (exact) mass is 907 g/mol. The smallest absolute Gasteiger partial charge is 0.134 e. The third-order valence-corrected chi connectivity index (χ3v) is 15.3. The largest absolute Gasteiger partial charge is 0.348 e. The Hall–Kier alpha value is -9.03. The van der Waals surface area contributed by atoms with Gasteiger partial charge in [-0.2, -0.15) is 0 Å². The van der Waals surface area contributed by atoms with Gasteiger partial charge in [0.1, 0.15) is 17.7 Å². The maximum absolute atomic E-state index is 5.68. The molecule has 71 heavy (non-hydrogen) atoms. The molecule has 0 saturated heterocycles. The van der Waals surface area contributed by atoms with Crippen molar-refractivity contribution in [1.29, 1.82) is 0 Å². The lowest BCUT2D eigenvalue weighted by atomic mass is 9.90. The lowest BCUT2D eigenvalue weighted by molar-refractivity contribution is 0.279. The Labute approximate surface area is 409 Å². The first-order valence-corrected chi connectivity index (χ1v) is 24.6. The van der Waals surface area contributed by atoms with Crippen LogP contribution < -0.4 is 10.6 Å². The lowest BCUT2D eigenvalue weighted by Gasteiger charge is -2.42. The molecule has 2 aromatic heterocycles. The molecule has 2 atom stereocenters. The minimum absolute atomic E-state index is 0.343. The van der Waals surface area contributed by atoms with Gasteiger partial charge in [0.2, 0.25) is 0 Å². The SMILES string of the molecule is CC1(c2cccc3c2ccc2ccccc23)NC(c2c(-n3c4ccccc4c4cc5cc(-n6c7ccccc7c7cc8ccccc8cc76)ccc5cc43)ccc3ccccc23)=NC(c2ccccc2)N1. The van der Waals surface area contributed by atoms with Gasteiger partial charge >= 0.3 is 0 Å². The van der Waals surface area contributed by atoms with E-state index >= 15 is 0 Å². The Morgan fingerprint density at radius 3 is 1.69 bits per heavy atom. The molecule has 0 bridgehead atoms. The van der Waals surface area contributed by atoms with E-state index in [1.165, 1.54) is 75.7 Å². The van der Waals surface area contributed by atoms with Crippen LogP contribution in [0, 0.1) is 0 Å². The maximum atomic E-state index is 5.68. The summed E-state index contributed by atoms with van der Waals surface area (Å²) in [5.74, 6) is 0.833. The Morgan fingerprint density at radius 2 is 0.930 bits per heavy atom. The van der Waals surface area contributed by atoms with Crippen molar-refractivity contribution in [3.63, 3.8) is 0 Å². The lowest BCUT2D eigenvalue weighted by Crippen LogP contribution is -2.58. The molecule has 1 aliphatic rings. The zero-order valence-electron chi connectivity index (χ0n) is 38.9. The fraction of sp³-hybridized carbons (Fsp3) is 0.0455. The number of fused-ring (bicyclic) bond motifs is 12. The molecule has 0 radical (unpaired) electrons. The number of hydrogen-bond donors (Lipinski definition) is 2. The molecule has 2 N–H and O–H groups in total. The van der Waals surface area contributed by atoms with Crippen LogP contribution in [0.2, 0.25) is 0 Å². The van der Waals surface area contributed by atoms with Gasteiger partial charge in [0.25, 0.3) is 0 Å². The van der Waals surface area contributed by atoms with Gasteiger partial charge in [0.05, 0.1) is 27.8 Å². The second-order valence-corrected chi connectivity index (χ2v) is 19.4. The van der Waals surface area contributed by atoms with Crippen LogP contribution in [-0.2, 0) is 5.66 Å². The highest BCUT2D eigenvalue weighted by Crippen LogP contribution is 2.42. The summed E-state index contributed by atoms with van der Waals surface area (Å²) in [5.41, 5.74) is 9.48. The second-order valence-electron chi connectivity index (χ2n) is 19.4. The minimum Gasteiger partial charge on any atom is -0.348 e. The molecule has 5 nitrogen and oxygen atoms in total. The third kappa shape index (κ3) is 6.07. The first kappa shape index (κ1) is 39.9. The third-order valence-electron chi connectivity index (χ3n) is 15.3. The van der Waals surface area contributed by atoms with E-state index in [1.807, 2.05) is 0 Å². The van der Waals surface area contributed by atoms with Crippen molar-refractivity contribution in [2.75, 3.05) is 0 Å². The summed E-state index contributed by atoms with van der Waals surface area (Å²) in [6, 6.07) is 86.7. The van der Waals surface area contributed by atoms with E-state index in [9.17, 15) is 0 Å². The summed E-state index contributed by atoms with van der Waals surface area (Å²) < 4.78 is 4.91. The summed E-state index contributed by atoms with van der Waals surface area (Å²) in [7, 11) is 0. The molecule has 2 unspecified atom stereocenters. The van der Waals surface area contributed by atoms with Crippen LogP contribution in [0.1, 0.15) is 29.8 Å². The highest BCUT2D eigenvalue weighted by molar-refractivity contribution is 6.19. The highest BCUT2D eigenvalue weighted by atomic mass is 15.3. The molecule has 0 amide bonds. The Bertz CT molecular complexity index is 4560. The molecule has 1 aliphatic heterocycles. The number of benzene rings is 12. The molecule has 0 spiro atoms. The predicted molar refractivity (Wildman–Crippen MR) is 298 cm³/mol. The van der Waals surface area contributed by atoms with Crippen molar-refractivity contribution < 1.29 is 0 Å². The zero-order chi connectivity index (χ0) is 46.8. The molecule has 3 heterocycles. The van der Waals surface area contributed by atoms with Gasteiger partial charge < -0.3 is 14.5 Å². The molecule has 12 aromatic carbocycles. The number of hydrogen-bond acceptors (Lipinski definition) is 3. The van der Waals surface area contributed by atoms with Crippen molar-refractivity contribution in [2.24, 2.45) is 4.99 Å². The van der Waals surface area contributed by atoms with E-state index in [1.54, 1.807) is 0 Å².